The third-order valence-corrected chi connectivity index (χ3v) is 0.761. The zero-order valence-electron chi connectivity index (χ0n) is 5.39. The summed E-state index contributed by atoms with van der Waals surface area (Å²) in [5.74, 6) is -0.725. The van der Waals surface area contributed by atoms with Crippen LogP contribution in [-0.2, 0) is 0 Å². The molecule has 0 bridgehead atoms. The molecule has 0 aromatic carbocycles. The minimum absolute atomic E-state index is 0.481. The van der Waals surface area contributed by atoms with E-state index in [-0.39, 0.29) is 0 Å². The Labute approximate surface area is 60.8 Å². The van der Waals surface area contributed by atoms with Gasteiger partial charge < -0.3 is 16.6 Å². The molecule has 0 amide bonds. The van der Waals surface area contributed by atoms with Gasteiger partial charge in [-0.3, -0.25) is 0 Å². The number of allylic oxidation sites excluding steroid dienone is 3. The fraction of sp³-hybridized carbons (Fsp3) is 0.200. The molecule has 0 radical (unpaired) electrons. The molecule has 64 valence electrons. The molecule has 0 aromatic heterocycles. The first-order chi connectivity index (χ1) is 4.84. The molecule has 0 saturated heterocycles. The van der Waals surface area contributed by atoms with Gasteiger partial charge in [0.1, 0.15) is 5.70 Å². The number of hydrogen-bond donors (Lipinski definition) is 3. The van der Waals surface area contributed by atoms with E-state index in [1.807, 2.05) is 0 Å². The smallest absolute Gasteiger partial charge is 0.430 e. The summed E-state index contributed by atoms with van der Waals surface area (Å²) < 4.78 is 34.7. The summed E-state index contributed by atoms with van der Waals surface area (Å²) in [6, 6.07) is 0. The quantitative estimate of drug-likeness (QED) is 0.399. The van der Waals surface area contributed by atoms with Gasteiger partial charge in [-0.15, -0.1) is 0 Å². The van der Waals surface area contributed by atoms with Crippen molar-refractivity contribution in [3.63, 3.8) is 0 Å². The van der Waals surface area contributed by atoms with Crippen molar-refractivity contribution in [1.82, 2.24) is 0 Å². The zero-order valence-corrected chi connectivity index (χ0v) is 5.39. The monoisotopic (exact) mass is 168 g/mol. The Kier molecular flexibility index (Phi) is 2.79. The zero-order chi connectivity index (χ0) is 9.07. The first-order valence-electron chi connectivity index (χ1n) is 2.53. The molecule has 0 aliphatic carbocycles. The van der Waals surface area contributed by atoms with E-state index in [0.717, 1.165) is 0 Å². The van der Waals surface area contributed by atoms with Crippen molar-refractivity contribution in [2.75, 3.05) is 0 Å². The van der Waals surface area contributed by atoms with Crippen LogP contribution in [0.25, 0.3) is 0 Å². The Balaban J connectivity index is 4.36. The topological polar surface area (TPSA) is 72.3 Å². The number of halogens is 3. The highest BCUT2D eigenvalue weighted by atomic mass is 19.4. The average molecular weight is 168 g/mol. The van der Waals surface area contributed by atoms with Gasteiger partial charge in [0, 0.05) is 0 Å². The maximum atomic E-state index is 11.6. The van der Waals surface area contributed by atoms with Gasteiger partial charge >= 0.3 is 6.18 Å². The molecule has 0 heterocycles. The summed E-state index contributed by atoms with van der Waals surface area (Å²) in [6.07, 6.45) is -3.44. The third kappa shape index (κ3) is 4.12. The minimum atomic E-state index is -4.58. The molecule has 0 spiro atoms. The largest absolute Gasteiger partial charge is 0.495 e. The molecule has 6 heteroatoms. The highest BCUT2D eigenvalue weighted by Crippen LogP contribution is 2.20. The Bertz CT molecular complexity index is 190. The van der Waals surface area contributed by atoms with Crippen LogP contribution in [-0.4, -0.2) is 11.3 Å². The van der Waals surface area contributed by atoms with Crippen molar-refractivity contribution in [2.24, 2.45) is 11.5 Å². The van der Waals surface area contributed by atoms with E-state index in [1.165, 1.54) is 0 Å². The predicted octanol–water partition coefficient (Wildman–Crippen LogP) is 0.749. The van der Waals surface area contributed by atoms with Gasteiger partial charge in [0.2, 0.25) is 0 Å². The van der Waals surface area contributed by atoms with Crippen LogP contribution in [0.5, 0.6) is 0 Å². The molecule has 0 aliphatic heterocycles. The number of hydrogen-bond acceptors (Lipinski definition) is 3. The van der Waals surface area contributed by atoms with Crippen LogP contribution < -0.4 is 11.5 Å². The number of aliphatic hydroxyl groups is 1. The molecular weight excluding hydrogens is 161 g/mol. The Morgan fingerprint density at radius 1 is 1.18 bits per heavy atom. The van der Waals surface area contributed by atoms with E-state index in [1.54, 1.807) is 0 Å². The molecule has 0 fully saturated rings. The third-order valence-electron chi connectivity index (χ3n) is 0.761. The first-order valence-corrected chi connectivity index (χ1v) is 2.53. The maximum absolute atomic E-state index is 11.6. The van der Waals surface area contributed by atoms with Gasteiger partial charge in [-0.1, -0.05) is 0 Å². The van der Waals surface area contributed by atoms with E-state index in [9.17, 15) is 13.2 Å². The van der Waals surface area contributed by atoms with Crippen LogP contribution in [0, 0.1) is 0 Å². The van der Waals surface area contributed by atoms with Crippen molar-refractivity contribution in [3.05, 3.63) is 23.7 Å². The summed E-state index contributed by atoms with van der Waals surface area (Å²) in [5.41, 5.74) is 7.85. The molecule has 3 nitrogen and oxygen atoms in total. The van der Waals surface area contributed by atoms with Gasteiger partial charge in [-0.05, 0) is 12.2 Å². The predicted molar refractivity (Wildman–Crippen MR) is 33.2 cm³/mol. The normalized spacial score (nSPS) is 15.2. The molecule has 11 heavy (non-hydrogen) atoms. The van der Waals surface area contributed by atoms with Crippen molar-refractivity contribution in [1.29, 1.82) is 0 Å². The summed E-state index contributed by atoms with van der Waals surface area (Å²) in [4.78, 5) is 0. The summed E-state index contributed by atoms with van der Waals surface area (Å²) in [5, 5.41) is 8.24. The number of alkyl halides is 3. The fourth-order valence-electron chi connectivity index (χ4n) is 0.270. The molecule has 5 N–H and O–H groups in total. The van der Waals surface area contributed by atoms with E-state index >= 15 is 0 Å². The van der Waals surface area contributed by atoms with Gasteiger partial charge in [0.15, 0.2) is 5.88 Å². The van der Waals surface area contributed by atoms with Crippen LogP contribution in [0.2, 0.25) is 0 Å². The molecular formula is C5H7F3N2O. The lowest BCUT2D eigenvalue weighted by molar-refractivity contribution is -0.0926. The second-order valence-electron chi connectivity index (χ2n) is 1.71. The lowest BCUT2D eigenvalue weighted by Crippen LogP contribution is -2.18. The summed E-state index contributed by atoms with van der Waals surface area (Å²) >= 11 is 0. The standard InChI is InChI=1S/C5H7F3N2O/c6-5(7,8)3(9)1-2-4(10)11/h1-2,11H,9-10H2/b3-1-,4-2+. The van der Waals surface area contributed by atoms with Crippen LogP contribution >= 0.6 is 0 Å². The van der Waals surface area contributed by atoms with Crippen LogP contribution in [0.4, 0.5) is 13.2 Å². The fourth-order valence-corrected chi connectivity index (χ4v) is 0.270. The van der Waals surface area contributed by atoms with Gasteiger partial charge in [0.05, 0.1) is 0 Å². The molecule has 0 saturated carbocycles. The molecule has 0 unspecified atom stereocenters. The minimum Gasteiger partial charge on any atom is -0.495 e. The number of aliphatic hydroxyl groups excluding tert-OH is 1. The lowest BCUT2D eigenvalue weighted by atomic mass is 10.4. The Hall–Kier alpha value is -1.33. The van der Waals surface area contributed by atoms with Gasteiger partial charge in [0.25, 0.3) is 0 Å². The Morgan fingerprint density at radius 3 is 1.91 bits per heavy atom. The number of nitrogens with two attached hydrogens (primary N) is 2. The van der Waals surface area contributed by atoms with E-state index in [2.05, 4.69) is 11.5 Å². The SMILES string of the molecule is N/C(=C\C=C(/N)O)C(F)(F)F. The van der Waals surface area contributed by atoms with Crippen molar-refractivity contribution in [2.45, 2.75) is 6.18 Å². The van der Waals surface area contributed by atoms with Gasteiger partial charge in [-0.25, -0.2) is 0 Å². The van der Waals surface area contributed by atoms with Crippen molar-refractivity contribution >= 4 is 0 Å². The van der Waals surface area contributed by atoms with Crippen LogP contribution in [0.1, 0.15) is 0 Å². The first kappa shape index (κ1) is 9.67. The summed E-state index contributed by atoms with van der Waals surface area (Å²) in [7, 11) is 0. The Morgan fingerprint density at radius 2 is 1.64 bits per heavy atom. The highest BCUT2D eigenvalue weighted by Gasteiger charge is 2.30. The molecule has 0 rings (SSSR count). The molecule has 0 aliphatic rings. The average Bonchev–Trinajstić information content (AvgIpc) is 1.80. The highest BCUT2D eigenvalue weighted by molar-refractivity contribution is 5.14. The summed E-state index contributed by atoms with van der Waals surface area (Å²) in [6.45, 7) is 0. The van der Waals surface area contributed by atoms with Crippen molar-refractivity contribution < 1.29 is 18.3 Å². The van der Waals surface area contributed by atoms with E-state index < -0.39 is 17.8 Å². The molecule has 0 aromatic rings. The van der Waals surface area contributed by atoms with Crippen LogP contribution in [0.3, 0.4) is 0 Å². The van der Waals surface area contributed by atoms with Crippen molar-refractivity contribution in [3.8, 4) is 0 Å². The number of rotatable bonds is 1. The molecule has 0 atom stereocenters. The maximum Gasteiger partial charge on any atom is 0.430 e. The second-order valence-corrected chi connectivity index (χ2v) is 1.71. The second kappa shape index (κ2) is 3.18. The lowest BCUT2D eigenvalue weighted by Gasteiger charge is -2.03. The van der Waals surface area contributed by atoms with E-state index in [4.69, 9.17) is 5.11 Å². The van der Waals surface area contributed by atoms with Gasteiger partial charge in [-0.2, -0.15) is 13.2 Å². The van der Waals surface area contributed by atoms with E-state index in [0.29, 0.717) is 12.2 Å². The van der Waals surface area contributed by atoms with Crippen LogP contribution in [0.15, 0.2) is 23.7 Å².